The van der Waals surface area contributed by atoms with E-state index in [0.29, 0.717) is 19.0 Å². The molecule has 2 aromatic heterocycles. The predicted molar refractivity (Wildman–Crippen MR) is 101 cm³/mol. The van der Waals surface area contributed by atoms with E-state index < -0.39 is 0 Å². The number of carbonyl (C=O) groups is 1. The molecule has 3 rings (SSSR count). The number of fused-ring (bicyclic) bond motifs is 1. The Bertz CT molecular complexity index is 775. The van der Waals surface area contributed by atoms with Gasteiger partial charge in [0.15, 0.2) is 0 Å². The molecule has 0 spiro atoms. The first kappa shape index (κ1) is 17.2. The quantitative estimate of drug-likeness (QED) is 0.567. The predicted octanol–water partition coefficient (Wildman–Crippen LogP) is 1.98. The van der Waals surface area contributed by atoms with Crippen molar-refractivity contribution >= 4 is 45.2 Å². The summed E-state index contributed by atoms with van der Waals surface area (Å²) in [5, 5.41) is 5.53. The first-order valence-electron chi connectivity index (χ1n) is 7.77. The van der Waals surface area contributed by atoms with Gasteiger partial charge >= 0.3 is 0 Å². The smallest absolute Gasteiger partial charge is 0.246 e. The number of anilines is 1. The van der Waals surface area contributed by atoms with E-state index in [4.69, 9.17) is 10.5 Å². The van der Waals surface area contributed by atoms with Crippen molar-refractivity contribution in [2.75, 3.05) is 26.0 Å². The summed E-state index contributed by atoms with van der Waals surface area (Å²) in [5.41, 5.74) is 6.95. The first-order chi connectivity index (χ1) is 11.6. The largest absolute Gasteiger partial charge is 0.385 e. The maximum Gasteiger partial charge on any atom is 0.246 e. The van der Waals surface area contributed by atoms with Crippen molar-refractivity contribution in [1.82, 2.24) is 19.7 Å². The summed E-state index contributed by atoms with van der Waals surface area (Å²) in [4.78, 5) is 18.2. The summed E-state index contributed by atoms with van der Waals surface area (Å²) < 4.78 is 7.99. The molecule has 7 nitrogen and oxygen atoms in total. The molecule has 0 radical (unpaired) electrons. The highest BCUT2D eigenvalue weighted by atomic mass is 127. The van der Waals surface area contributed by atoms with E-state index in [1.54, 1.807) is 13.3 Å². The average Bonchev–Trinajstić information content (AvgIpc) is 3.14. The van der Waals surface area contributed by atoms with E-state index in [1.807, 2.05) is 15.6 Å². The van der Waals surface area contributed by atoms with Crippen LogP contribution in [-0.4, -0.2) is 51.9 Å². The first-order valence-corrected chi connectivity index (χ1v) is 8.84. The fourth-order valence-electron chi connectivity index (χ4n) is 3.33. The minimum atomic E-state index is -0.0501. The standard InChI is InChI=1S/C16H20IN5O2/c1-3-13(23)21-9-11(8-10(21)5-7-24-2)22-12-4-6-19-16(18)14(12)15(17)20-22/h3-4,6,10-11H,1,5,7-9H2,2H3,(H2,18,19)/t10-,11?/m0/s1. The van der Waals surface area contributed by atoms with Gasteiger partial charge in [-0.2, -0.15) is 5.10 Å². The van der Waals surface area contributed by atoms with Crippen LogP contribution in [0.5, 0.6) is 0 Å². The molecule has 2 atom stereocenters. The van der Waals surface area contributed by atoms with Crippen LogP contribution < -0.4 is 5.73 Å². The van der Waals surface area contributed by atoms with Crippen LogP contribution in [0.1, 0.15) is 18.9 Å². The highest BCUT2D eigenvalue weighted by molar-refractivity contribution is 14.1. The van der Waals surface area contributed by atoms with E-state index >= 15 is 0 Å². The lowest BCUT2D eigenvalue weighted by atomic mass is 10.1. The van der Waals surface area contributed by atoms with Gasteiger partial charge in [-0.25, -0.2) is 4.98 Å². The number of nitrogens with two attached hydrogens (primary N) is 1. The summed E-state index contributed by atoms with van der Waals surface area (Å²) in [5.74, 6) is 0.432. The van der Waals surface area contributed by atoms with E-state index in [9.17, 15) is 4.79 Å². The zero-order valence-corrected chi connectivity index (χ0v) is 15.6. The number of hydrogen-bond donors (Lipinski definition) is 1. The lowest BCUT2D eigenvalue weighted by molar-refractivity contribution is -0.127. The van der Waals surface area contributed by atoms with Gasteiger partial charge in [0.1, 0.15) is 9.52 Å². The van der Waals surface area contributed by atoms with Gasteiger partial charge in [-0.1, -0.05) is 6.58 Å². The molecule has 0 bridgehead atoms. The van der Waals surface area contributed by atoms with Gasteiger partial charge in [-0.05, 0) is 47.6 Å². The van der Waals surface area contributed by atoms with Gasteiger partial charge < -0.3 is 15.4 Å². The van der Waals surface area contributed by atoms with Crippen LogP contribution >= 0.6 is 22.6 Å². The third kappa shape index (κ3) is 3.00. The van der Waals surface area contributed by atoms with Crippen LogP contribution in [-0.2, 0) is 9.53 Å². The Hall–Kier alpha value is -1.68. The molecule has 1 aliphatic heterocycles. The molecule has 2 N–H and O–H groups in total. The summed E-state index contributed by atoms with van der Waals surface area (Å²) in [7, 11) is 1.67. The van der Waals surface area contributed by atoms with E-state index in [0.717, 1.165) is 27.4 Å². The van der Waals surface area contributed by atoms with Gasteiger partial charge in [0.25, 0.3) is 0 Å². The number of methoxy groups -OCH3 is 1. The summed E-state index contributed by atoms with van der Waals surface area (Å²) >= 11 is 2.18. The number of rotatable bonds is 5. The van der Waals surface area contributed by atoms with Crippen molar-refractivity contribution in [3.05, 3.63) is 28.6 Å². The Morgan fingerprint density at radius 2 is 2.42 bits per heavy atom. The van der Waals surface area contributed by atoms with E-state index in [-0.39, 0.29) is 18.0 Å². The maximum atomic E-state index is 12.2. The number of carbonyl (C=O) groups excluding carboxylic acids is 1. The topological polar surface area (TPSA) is 86.3 Å². The average molecular weight is 441 g/mol. The number of nitrogens with zero attached hydrogens (tertiary/aromatic N) is 4. The number of pyridine rings is 1. The van der Waals surface area contributed by atoms with Gasteiger partial charge in [0, 0.05) is 32.5 Å². The van der Waals surface area contributed by atoms with Crippen LogP contribution in [0.2, 0.25) is 0 Å². The van der Waals surface area contributed by atoms with Crippen LogP contribution in [0, 0.1) is 3.70 Å². The van der Waals surface area contributed by atoms with Crippen LogP contribution in [0.3, 0.4) is 0 Å². The van der Waals surface area contributed by atoms with Crippen LogP contribution in [0.15, 0.2) is 24.9 Å². The molecule has 1 aliphatic rings. The fourth-order valence-corrected chi connectivity index (χ4v) is 4.12. The van der Waals surface area contributed by atoms with Crippen LogP contribution in [0.4, 0.5) is 5.82 Å². The molecule has 1 amide bonds. The third-order valence-electron chi connectivity index (χ3n) is 4.46. The number of nitrogen functional groups attached to an aromatic ring is 1. The minimum absolute atomic E-state index is 0.0501. The second kappa shape index (κ2) is 7.06. The summed E-state index contributed by atoms with van der Waals surface area (Å²) in [6.07, 6.45) is 4.69. The highest BCUT2D eigenvalue weighted by Crippen LogP contribution is 2.34. The van der Waals surface area contributed by atoms with Crippen LogP contribution in [0.25, 0.3) is 10.9 Å². The molecule has 24 heavy (non-hydrogen) atoms. The molecule has 8 heteroatoms. The zero-order chi connectivity index (χ0) is 17.3. The Labute approximate surface area is 154 Å². The molecule has 0 aliphatic carbocycles. The number of ether oxygens (including phenoxy) is 1. The second-order valence-electron chi connectivity index (χ2n) is 5.85. The monoisotopic (exact) mass is 441 g/mol. The number of aromatic nitrogens is 3. The number of amides is 1. The molecule has 1 unspecified atom stereocenters. The van der Waals surface area contributed by atoms with Crippen molar-refractivity contribution in [1.29, 1.82) is 0 Å². The Morgan fingerprint density at radius 3 is 3.12 bits per heavy atom. The Balaban J connectivity index is 1.94. The Morgan fingerprint density at radius 1 is 1.62 bits per heavy atom. The fraction of sp³-hybridized carbons (Fsp3) is 0.438. The molecular formula is C16H20IN5O2. The van der Waals surface area contributed by atoms with E-state index in [1.165, 1.54) is 6.08 Å². The van der Waals surface area contributed by atoms with Crippen molar-refractivity contribution in [2.45, 2.75) is 24.9 Å². The number of hydrogen-bond acceptors (Lipinski definition) is 5. The summed E-state index contributed by atoms with van der Waals surface area (Å²) in [6.45, 7) is 4.84. The highest BCUT2D eigenvalue weighted by Gasteiger charge is 2.36. The third-order valence-corrected chi connectivity index (χ3v) is 5.21. The molecule has 128 valence electrons. The molecule has 1 fully saturated rings. The molecule has 0 aromatic carbocycles. The maximum absolute atomic E-state index is 12.2. The van der Waals surface area contributed by atoms with E-state index in [2.05, 4.69) is 39.3 Å². The number of halogens is 1. The van der Waals surface area contributed by atoms with Gasteiger partial charge in [-0.15, -0.1) is 0 Å². The van der Waals surface area contributed by atoms with Crippen molar-refractivity contribution in [3.8, 4) is 0 Å². The SMILES string of the molecule is C=CC(=O)N1CC(n2nc(I)c3c(N)nccc32)C[C@@H]1CCOC. The molecule has 2 aromatic rings. The molecule has 3 heterocycles. The van der Waals surface area contributed by atoms with Gasteiger partial charge in [0.05, 0.1) is 16.9 Å². The molecule has 1 saturated heterocycles. The van der Waals surface area contributed by atoms with Gasteiger partial charge in [0.2, 0.25) is 5.91 Å². The zero-order valence-electron chi connectivity index (χ0n) is 13.5. The molecular weight excluding hydrogens is 421 g/mol. The van der Waals surface area contributed by atoms with Gasteiger partial charge in [-0.3, -0.25) is 9.48 Å². The van der Waals surface area contributed by atoms with Crippen molar-refractivity contribution < 1.29 is 9.53 Å². The lowest BCUT2D eigenvalue weighted by Gasteiger charge is -2.22. The normalized spacial score (nSPS) is 20.7. The van der Waals surface area contributed by atoms with Crippen molar-refractivity contribution in [2.24, 2.45) is 0 Å². The minimum Gasteiger partial charge on any atom is -0.385 e. The second-order valence-corrected chi connectivity index (χ2v) is 6.87. The number of likely N-dealkylation sites (tertiary alicyclic amines) is 1. The summed E-state index contributed by atoms with van der Waals surface area (Å²) in [6, 6.07) is 2.14. The lowest BCUT2D eigenvalue weighted by Crippen LogP contribution is -2.35. The molecule has 0 saturated carbocycles. The van der Waals surface area contributed by atoms with Crippen molar-refractivity contribution in [3.63, 3.8) is 0 Å². The Kier molecular flexibility index (Phi) is 5.04.